The van der Waals surface area contributed by atoms with E-state index in [9.17, 15) is 15.0 Å². The molecule has 1 amide bonds. The van der Waals surface area contributed by atoms with Crippen LogP contribution in [0, 0.1) is 5.92 Å². The van der Waals surface area contributed by atoms with Crippen molar-refractivity contribution in [2.45, 2.75) is 50.4 Å². The molecule has 362 valence electrons. The number of aliphatic hydroxyl groups is 2. The van der Waals surface area contributed by atoms with E-state index in [2.05, 4.69) is 36.9 Å². The Bertz CT molecular complexity index is 2410. The van der Waals surface area contributed by atoms with E-state index in [1.807, 2.05) is 65.6 Å². The average Bonchev–Trinajstić information content (AvgIpc) is 4.05. The summed E-state index contributed by atoms with van der Waals surface area (Å²) < 4.78 is 23.6. The summed E-state index contributed by atoms with van der Waals surface area (Å²) in [6.07, 6.45) is 9.73. The number of aromatic nitrogens is 6. The topological polar surface area (TPSA) is 214 Å². The number of likely N-dealkylation sites (N-methyl/N-ethyl adjacent to an activating group) is 2. The number of nitrogens with zero attached hydrogens (tertiary/aromatic N) is 8. The van der Waals surface area contributed by atoms with Gasteiger partial charge in [0.25, 0.3) is 0 Å². The first-order valence-corrected chi connectivity index (χ1v) is 23.4. The van der Waals surface area contributed by atoms with Crippen molar-refractivity contribution in [3.63, 3.8) is 0 Å². The minimum Gasteiger partial charge on any atom is -0.491 e. The van der Waals surface area contributed by atoms with E-state index in [0.717, 1.165) is 41.6 Å². The maximum atomic E-state index is 13.6. The molecule has 0 spiro atoms. The lowest BCUT2D eigenvalue weighted by Gasteiger charge is -2.31. The van der Waals surface area contributed by atoms with E-state index < -0.39 is 12.2 Å². The number of carbonyl (C=O) groups excluding carboxylic acids is 1. The predicted octanol–water partition coefficient (Wildman–Crippen LogP) is 4.36. The van der Waals surface area contributed by atoms with Gasteiger partial charge in [-0.05, 0) is 69.6 Å². The Labute approximate surface area is 398 Å². The van der Waals surface area contributed by atoms with E-state index in [1.54, 1.807) is 40.7 Å². The van der Waals surface area contributed by atoms with E-state index in [4.69, 9.17) is 38.9 Å². The van der Waals surface area contributed by atoms with Crippen LogP contribution in [0.1, 0.15) is 37.8 Å². The molecule has 0 saturated carbocycles. The summed E-state index contributed by atoms with van der Waals surface area (Å²) in [5.74, 6) is 3.67. The number of methoxy groups -OCH3 is 2. The number of likely N-dealkylation sites (tertiary alicyclic amines) is 1. The zero-order valence-electron chi connectivity index (χ0n) is 39.5. The van der Waals surface area contributed by atoms with Gasteiger partial charge in [0.1, 0.15) is 54.9 Å². The number of allylic oxidation sites excluding steroid dienone is 2. The molecular formula is C50H65N11O7. The fourth-order valence-corrected chi connectivity index (χ4v) is 8.35. The number of hydrogen-bond acceptors (Lipinski definition) is 17. The third-order valence-corrected chi connectivity index (χ3v) is 11.9. The van der Waals surface area contributed by atoms with Crippen molar-refractivity contribution in [1.82, 2.24) is 45.4 Å². The van der Waals surface area contributed by atoms with Crippen LogP contribution in [0.25, 0.3) is 39.6 Å². The summed E-state index contributed by atoms with van der Waals surface area (Å²) in [6, 6.07) is 19.0. The Morgan fingerprint density at radius 3 is 2.15 bits per heavy atom. The van der Waals surface area contributed by atoms with Crippen LogP contribution in [0.15, 0.2) is 85.5 Å². The summed E-state index contributed by atoms with van der Waals surface area (Å²) in [7, 11) is 6.92. The lowest BCUT2D eigenvalue weighted by Crippen LogP contribution is -2.41. The zero-order valence-corrected chi connectivity index (χ0v) is 39.5. The lowest BCUT2D eigenvalue weighted by atomic mass is 10.0. The van der Waals surface area contributed by atoms with Gasteiger partial charge in [-0.1, -0.05) is 30.3 Å². The van der Waals surface area contributed by atoms with Crippen molar-refractivity contribution in [2.24, 2.45) is 5.92 Å². The van der Waals surface area contributed by atoms with Gasteiger partial charge in [0.2, 0.25) is 5.91 Å². The molecule has 68 heavy (non-hydrogen) atoms. The molecule has 2 aliphatic rings. The van der Waals surface area contributed by atoms with Crippen molar-refractivity contribution in [3.05, 3.63) is 91.2 Å². The van der Waals surface area contributed by atoms with Gasteiger partial charge in [0, 0.05) is 114 Å². The van der Waals surface area contributed by atoms with E-state index in [0.29, 0.717) is 106 Å². The van der Waals surface area contributed by atoms with Crippen LogP contribution in [-0.2, 0) is 14.3 Å². The van der Waals surface area contributed by atoms with Gasteiger partial charge in [0.05, 0.1) is 24.1 Å². The number of anilines is 2. The Balaban J connectivity index is 1.02. The molecule has 4 atom stereocenters. The highest BCUT2D eigenvalue weighted by Gasteiger charge is 2.36. The van der Waals surface area contributed by atoms with Crippen LogP contribution in [0.3, 0.4) is 0 Å². The molecule has 0 bridgehead atoms. The number of aliphatic hydroxyl groups excluding tert-OH is 2. The van der Waals surface area contributed by atoms with Crippen molar-refractivity contribution < 1.29 is 34.0 Å². The van der Waals surface area contributed by atoms with Crippen LogP contribution in [0.5, 0.6) is 11.5 Å². The molecule has 5 aromatic rings. The monoisotopic (exact) mass is 932 g/mol. The number of benzene rings is 2. The molecule has 7 rings (SSSR count). The summed E-state index contributed by atoms with van der Waals surface area (Å²) in [6.45, 7) is 4.26. The first-order valence-electron chi connectivity index (χ1n) is 23.4. The Hall–Kier alpha value is -6.15. The second-order valence-corrected chi connectivity index (χ2v) is 17.0. The number of nitrogens with one attached hydrogen (secondary N) is 3. The van der Waals surface area contributed by atoms with Crippen LogP contribution in [0.2, 0.25) is 0 Å². The molecule has 1 fully saturated rings. The number of ether oxygens (including phenoxy) is 4. The number of carbonyl (C=O) groups is 1. The summed E-state index contributed by atoms with van der Waals surface area (Å²) in [4.78, 5) is 46.0. The van der Waals surface area contributed by atoms with Gasteiger partial charge in [0.15, 0.2) is 11.6 Å². The van der Waals surface area contributed by atoms with Gasteiger partial charge in [-0.25, -0.2) is 29.9 Å². The normalized spacial score (nSPS) is 16.1. The van der Waals surface area contributed by atoms with E-state index >= 15 is 0 Å². The summed E-state index contributed by atoms with van der Waals surface area (Å²) in [5.41, 5.74) is 5.01. The second kappa shape index (κ2) is 25.3. The third-order valence-electron chi connectivity index (χ3n) is 11.9. The van der Waals surface area contributed by atoms with Gasteiger partial charge >= 0.3 is 0 Å². The fourth-order valence-electron chi connectivity index (χ4n) is 8.35. The van der Waals surface area contributed by atoms with Crippen molar-refractivity contribution in [2.75, 3.05) is 104 Å². The maximum absolute atomic E-state index is 13.6. The highest BCUT2D eigenvalue weighted by Crippen LogP contribution is 2.32. The second-order valence-electron chi connectivity index (χ2n) is 17.0. The maximum Gasteiger partial charge on any atom is 0.223 e. The zero-order chi connectivity index (χ0) is 47.7. The molecule has 1 aliphatic carbocycles. The number of hydrogen-bond donors (Lipinski definition) is 5. The van der Waals surface area contributed by atoms with Gasteiger partial charge < -0.3 is 54.9 Å². The highest BCUT2D eigenvalue weighted by atomic mass is 16.5. The van der Waals surface area contributed by atoms with Crippen molar-refractivity contribution in [3.8, 4) is 45.5 Å². The van der Waals surface area contributed by atoms with E-state index in [-0.39, 0.29) is 31.1 Å². The average molecular weight is 932 g/mol. The third kappa shape index (κ3) is 14.0. The molecule has 0 radical (unpaired) electrons. The first kappa shape index (κ1) is 49.7. The molecule has 5 N–H and O–H groups in total. The van der Waals surface area contributed by atoms with Gasteiger partial charge in [-0.2, -0.15) is 0 Å². The molecule has 3 aromatic heterocycles. The molecule has 4 heterocycles. The first-order chi connectivity index (χ1) is 33.2. The summed E-state index contributed by atoms with van der Waals surface area (Å²) in [5, 5.41) is 29.8. The fraction of sp³-hybridized carbons (Fsp3) is 0.460. The van der Waals surface area contributed by atoms with Crippen LogP contribution in [0.4, 0.5) is 11.6 Å². The Morgan fingerprint density at radius 1 is 0.838 bits per heavy atom. The molecule has 18 heteroatoms. The van der Waals surface area contributed by atoms with Gasteiger partial charge in [-0.3, -0.25) is 4.79 Å². The molecule has 1 saturated heterocycles. The summed E-state index contributed by atoms with van der Waals surface area (Å²) >= 11 is 0. The predicted molar refractivity (Wildman–Crippen MR) is 261 cm³/mol. The number of amides is 1. The Morgan fingerprint density at radius 2 is 1.51 bits per heavy atom. The SMILES string of the molecule is CNCC(O)COc1cccc(-c2nc(NCCCN3CC(C(CN(CCOC)c4cc(-c5cncnc5)nc(-c5cccc(OCC(O)CNC)c5)n4)OC)CC3=O)cc(C3=CCCC3)n2)c1. The van der Waals surface area contributed by atoms with Crippen LogP contribution in [-0.4, -0.2) is 163 Å². The van der Waals surface area contributed by atoms with Gasteiger partial charge in [-0.15, -0.1) is 0 Å². The lowest BCUT2D eigenvalue weighted by molar-refractivity contribution is -0.127. The molecule has 1 aliphatic heterocycles. The smallest absolute Gasteiger partial charge is 0.223 e. The van der Waals surface area contributed by atoms with Crippen molar-refractivity contribution in [1.29, 1.82) is 0 Å². The van der Waals surface area contributed by atoms with Crippen LogP contribution < -0.4 is 30.3 Å². The number of rotatable bonds is 27. The molecule has 2 aromatic carbocycles. The van der Waals surface area contributed by atoms with Crippen molar-refractivity contribution >= 4 is 23.1 Å². The minimum absolute atomic E-state index is 0.0566. The largest absolute Gasteiger partial charge is 0.491 e. The minimum atomic E-state index is -0.666. The van der Waals surface area contributed by atoms with E-state index in [1.165, 1.54) is 11.9 Å². The highest BCUT2D eigenvalue weighted by molar-refractivity contribution is 5.79. The standard InChI is InChI=1S/C50H65N11O7/c1-51-27-39(62)31-67-41-14-7-12-35(20-41)49-56-43(34-10-5-6-11-34)23-46(58-49)55-16-9-17-61-29-37(22-48(61)64)45(66-4)30-60(18-19-65-3)47-24-44(38-25-53-33-54-26-38)57-50(59-47)36-13-8-15-42(21-36)68-32-40(63)28-52-2/h7-8,10,12-15,20-21,23-26,33,37,39-40,45,51-52,62-63H,5-6,9,11,16-19,22,27-32H2,1-4H3,(H,55,56,58). The molecule has 4 unspecified atom stereocenters. The Kier molecular flexibility index (Phi) is 18.5. The molecular weight excluding hydrogens is 867 g/mol. The van der Waals surface area contributed by atoms with Crippen LogP contribution >= 0.6 is 0 Å². The quantitative estimate of drug-likeness (QED) is 0.0463. The molecule has 18 nitrogen and oxygen atoms in total.